The Bertz CT molecular complexity index is 1650. The number of nitrogens with zero attached hydrogens (tertiary/aromatic N) is 7. The molecule has 2 saturated heterocycles. The molecule has 4 bridgehead atoms. The van der Waals surface area contributed by atoms with Gasteiger partial charge in [0, 0.05) is 29.4 Å². The summed E-state index contributed by atoms with van der Waals surface area (Å²) in [6.07, 6.45) is 13.3. The number of nitriles is 1. The van der Waals surface area contributed by atoms with E-state index in [2.05, 4.69) is 26.4 Å². The lowest BCUT2D eigenvalue weighted by Gasteiger charge is -2.61. The maximum absolute atomic E-state index is 13.1. The van der Waals surface area contributed by atoms with Gasteiger partial charge >= 0.3 is 0 Å². The second kappa shape index (κ2) is 9.45. The summed E-state index contributed by atoms with van der Waals surface area (Å²) in [6.45, 7) is 2.43. The summed E-state index contributed by atoms with van der Waals surface area (Å²) >= 11 is 6.26. The largest absolute Gasteiger partial charge is 0.492 e. The summed E-state index contributed by atoms with van der Waals surface area (Å²) in [7, 11) is 0. The second-order valence-corrected chi connectivity index (χ2v) is 11.4. The van der Waals surface area contributed by atoms with Gasteiger partial charge in [0.2, 0.25) is 0 Å². The summed E-state index contributed by atoms with van der Waals surface area (Å²) in [6, 6.07) is 8.05. The zero-order valence-corrected chi connectivity index (χ0v) is 22.7. The minimum absolute atomic E-state index is 0.208. The first-order valence-electron chi connectivity index (χ1n) is 13.5. The molecule has 6 heterocycles. The van der Waals surface area contributed by atoms with Crippen LogP contribution in [0.4, 0.5) is 5.82 Å². The molecule has 2 saturated carbocycles. The Kier molecular flexibility index (Phi) is 5.86. The number of fused-ring (bicyclic) bond motifs is 1. The highest BCUT2D eigenvalue weighted by atomic mass is 35.5. The first-order chi connectivity index (χ1) is 19.5. The molecular formula is C29H27ClN8O2. The van der Waals surface area contributed by atoms with Crippen molar-refractivity contribution >= 4 is 28.8 Å². The van der Waals surface area contributed by atoms with E-state index in [1.807, 2.05) is 19.2 Å². The molecule has 4 atom stereocenters. The van der Waals surface area contributed by atoms with Gasteiger partial charge in [0.25, 0.3) is 5.91 Å². The minimum atomic E-state index is -0.265. The first kappa shape index (κ1) is 24.8. The molecule has 40 heavy (non-hydrogen) atoms. The molecule has 4 aromatic heterocycles. The van der Waals surface area contributed by atoms with E-state index in [1.165, 1.54) is 0 Å². The lowest BCUT2D eigenvalue weighted by molar-refractivity contribution is 0.0356. The first-order valence-corrected chi connectivity index (χ1v) is 13.9. The van der Waals surface area contributed by atoms with E-state index in [9.17, 15) is 10.1 Å². The highest BCUT2D eigenvalue weighted by Crippen LogP contribution is 2.52. The van der Waals surface area contributed by atoms with Gasteiger partial charge in [0.05, 0.1) is 53.2 Å². The number of carbonyl (C=O) groups excluding carboxylic acids is 1. The van der Waals surface area contributed by atoms with Crippen LogP contribution in [0.25, 0.3) is 16.8 Å². The van der Waals surface area contributed by atoms with Crippen molar-refractivity contribution in [3.63, 3.8) is 0 Å². The molecule has 0 aromatic carbocycles. The van der Waals surface area contributed by atoms with Crippen LogP contribution < -0.4 is 15.0 Å². The van der Waals surface area contributed by atoms with E-state index in [-0.39, 0.29) is 29.2 Å². The third-order valence-corrected chi connectivity index (χ3v) is 8.78. The zero-order chi connectivity index (χ0) is 27.4. The quantitative estimate of drug-likeness (QED) is 0.371. The van der Waals surface area contributed by atoms with Crippen LogP contribution >= 0.6 is 11.6 Å². The summed E-state index contributed by atoms with van der Waals surface area (Å²) in [4.78, 5) is 29.4. The van der Waals surface area contributed by atoms with Crippen LogP contribution in [0.3, 0.4) is 0 Å². The number of amides is 1. The number of ether oxygens (including phenoxy) is 1. The molecule has 1 N–H and O–H groups in total. The number of carbonyl (C=O) groups is 1. The Balaban J connectivity index is 1.16. The Labute approximate surface area is 236 Å². The van der Waals surface area contributed by atoms with Crippen LogP contribution in [0.15, 0.2) is 49.2 Å². The Morgan fingerprint density at radius 2 is 2.02 bits per heavy atom. The van der Waals surface area contributed by atoms with Crippen molar-refractivity contribution in [2.45, 2.75) is 56.7 Å². The fraction of sp³-hybridized carbons (Fsp3) is 0.379. The van der Waals surface area contributed by atoms with Crippen LogP contribution in [0, 0.1) is 17.2 Å². The van der Waals surface area contributed by atoms with Gasteiger partial charge < -0.3 is 15.0 Å². The highest BCUT2D eigenvalue weighted by Gasteiger charge is 2.55. The molecular weight excluding hydrogens is 528 g/mol. The third-order valence-electron chi connectivity index (χ3n) is 8.48. The molecule has 2 aliphatic heterocycles. The van der Waals surface area contributed by atoms with Gasteiger partial charge in [-0.1, -0.05) is 11.6 Å². The van der Waals surface area contributed by atoms with Gasteiger partial charge in [-0.25, -0.2) is 14.5 Å². The van der Waals surface area contributed by atoms with Gasteiger partial charge in [-0.2, -0.15) is 10.4 Å². The summed E-state index contributed by atoms with van der Waals surface area (Å²) in [5.41, 5.74) is 2.54. The predicted molar refractivity (Wildman–Crippen MR) is 148 cm³/mol. The number of hydrogen-bond donors (Lipinski definition) is 1. The van der Waals surface area contributed by atoms with E-state index in [4.69, 9.17) is 26.3 Å². The van der Waals surface area contributed by atoms with E-state index >= 15 is 0 Å². The van der Waals surface area contributed by atoms with Crippen molar-refractivity contribution in [1.29, 1.82) is 5.26 Å². The van der Waals surface area contributed by atoms with Gasteiger partial charge in [-0.3, -0.25) is 9.78 Å². The number of nitrogens with one attached hydrogen (secondary N) is 1. The van der Waals surface area contributed by atoms with Gasteiger partial charge in [0.1, 0.15) is 23.3 Å². The molecule has 0 spiro atoms. The van der Waals surface area contributed by atoms with E-state index in [0.29, 0.717) is 40.1 Å². The van der Waals surface area contributed by atoms with Gasteiger partial charge in [0.15, 0.2) is 0 Å². The van der Waals surface area contributed by atoms with Crippen molar-refractivity contribution in [3.8, 4) is 23.1 Å². The zero-order valence-electron chi connectivity index (χ0n) is 21.9. The molecule has 10 nitrogen and oxygen atoms in total. The monoisotopic (exact) mass is 554 g/mol. The molecule has 202 valence electrons. The SMILES string of the molecule is CCOc1cc(-c2cnc(N3[C@@H]4C[C@@H]5C[C@H]3C[C@@](NC(=O)c3ncccc3Cl)(C5)C4)cn2)c2c(C#N)cnn2c1. The van der Waals surface area contributed by atoms with E-state index < -0.39 is 0 Å². The molecule has 2 aliphatic carbocycles. The van der Waals surface area contributed by atoms with Crippen LogP contribution in [0.5, 0.6) is 5.75 Å². The Morgan fingerprint density at radius 3 is 2.73 bits per heavy atom. The number of anilines is 1. The molecule has 0 radical (unpaired) electrons. The predicted octanol–water partition coefficient (Wildman–Crippen LogP) is 4.43. The Hall–Kier alpha value is -4.23. The third kappa shape index (κ3) is 4.04. The van der Waals surface area contributed by atoms with Crippen molar-refractivity contribution in [3.05, 3.63) is 65.5 Å². The topological polar surface area (TPSA) is 121 Å². The molecule has 8 rings (SSSR count). The van der Waals surface area contributed by atoms with Crippen molar-refractivity contribution in [1.82, 2.24) is 29.9 Å². The molecule has 4 aromatic rings. The normalized spacial score (nSPS) is 24.7. The maximum Gasteiger partial charge on any atom is 0.271 e. The van der Waals surface area contributed by atoms with E-state index in [1.54, 1.807) is 41.4 Å². The summed E-state index contributed by atoms with van der Waals surface area (Å²) in [5.74, 6) is 1.83. The fourth-order valence-electron chi connectivity index (χ4n) is 7.22. The van der Waals surface area contributed by atoms with Crippen LogP contribution in [-0.2, 0) is 0 Å². The smallest absolute Gasteiger partial charge is 0.271 e. The maximum atomic E-state index is 13.1. The highest BCUT2D eigenvalue weighted by molar-refractivity contribution is 6.33. The average Bonchev–Trinajstić information content (AvgIpc) is 3.36. The number of halogens is 1. The van der Waals surface area contributed by atoms with Crippen molar-refractivity contribution in [2.24, 2.45) is 5.92 Å². The fourth-order valence-corrected chi connectivity index (χ4v) is 7.43. The molecule has 11 heteroatoms. The van der Waals surface area contributed by atoms with Crippen molar-refractivity contribution < 1.29 is 9.53 Å². The second-order valence-electron chi connectivity index (χ2n) is 11.0. The van der Waals surface area contributed by atoms with Gasteiger partial charge in [-0.15, -0.1) is 0 Å². The van der Waals surface area contributed by atoms with E-state index in [0.717, 1.165) is 43.5 Å². The number of aromatic nitrogens is 5. The number of pyridine rings is 2. The molecule has 4 aliphatic rings. The lowest BCUT2D eigenvalue weighted by Crippen LogP contribution is -2.69. The lowest BCUT2D eigenvalue weighted by atomic mass is 9.59. The molecule has 4 fully saturated rings. The average molecular weight is 555 g/mol. The van der Waals surface area contributed by atoms with Crippen LogP contribution in [0.1, 0.15) is 55.1 Å². The number of rotatable bonds is 6. The van der Waals surface area contributed by atoms with Crippen molar-refractivity contribution in [2.75, 3.05) is 11.5 Å². The van der Waals surface area contributed by atoms with Gasteiger partial charge in [-0.05, 0) is 63.1 Å². The summed E-state index contributed by atoms with van der Waals surface area (Å²) < 4.78 is 7.39. The summed E-state index contributed by atoms with van der Waals surface area (Å²) in [5, 5.41) is 17.7. The van der Waals surface area contributed by atoms with Crippen LogP contribution in [-0.4, -0.2) is 54.7 Å². The minimum Gasteiger partial charge on any atom is -0.492 e. The number of hydrogen-bond acceptors (Lipinski definition) is 8. The van der Waals surface area contributed by atoms with Crippen LogP contribution in [0.2, 0.25) is 5.02 Å². The molecule has 1 amide bonds. The molecule has 0 unspecified atom stereocenters. The number of piperidine rings is 2. The Morgan fingerprint density at radius 1 is 1.20 bits per heavy atom. The standard InChI is InChI=1S/C29H27ClN8O2/c1-2-40-21-8-22(27-18(12-31)13-35-37(27)16-21)24-14-34-25(15-33-24)38-19-6-17-7-20(38)11-29(9-17,10-19)36-28(39)26-23(30)4-3-5-32-26/h3-5,8,13-17,19-20H,2,6-7,9-11H2,1H3,(H,36,39)/t17-,19-,20+,29-.